The van der Waals surface area contributed by atoms with Crippen LogP contribution in [0.3, 0.4) is 0 Å². The van der Waals surface area contributed by atoms with Gasteiger partial charge in [-0.1, -0.05) is 12.1 Å². The lowest BCUT2D eigenvalue weighted by Crippen LogP contribution is -2.07. The van der Waals surface area contributed by atoms with Crippen molar-refractivity contribution in [3.05, 3.63) is 29.8 Å². The zero-order valence-electron chi connectivity index (χ0n) is 11.1. The van der Waals surface area contributed by atoms with E-state index in [1.165, 1.54) is 0 Å². The molecule has 4 nitrogen and oxygen atoms in total. The van der Waals surface area contributed by atoms with Crippen LogP contribution in [0.4, 0.5) is 0 Å². The molecule has 0 aromatic heterocycles. The zero-order valence-corrected chi connectivity index (χ0v) is 11.1. The molecule has 18 heavy (non-hydrogen) atoms. The second kappa shape index (κ2) is 8.91. The minimum atomic E-state index is -0.520. The van der Waals surface area contributed by atoms with Gasteiger partial charge in [-0.15, -0.1) is 0 Å². The molecular formula is C14H22O4. The Kier molecular flexibility index (Phi) is 7.41. The predicted molar refractivity (Wildman–Crippen MR) is 69.9 cm³/mol. The fraction of sp³-hybridized carbons (Fsp3) is 0.571. The Hall–Kier alpha value is -1.10. The molecule has 1 N–H and O–H groups in total. The van der Waals surface area contributed by atoms with Gasteiger partial charge in [0.25, 0.3) is 0 Å². The third kappa shape index (κ3) is 5.49. The molecule has 0 saturated carbocycles. The minimum Gasteiger partial charge on any atom is -0.494 e. The summed E-state index contributed by atoms with van der Waals surface area (Å²) >= 11 is 0. The van der Waals surface area contributed by atoms with Crippen LogP contribution in [-0.2, 0) is 9.47 Å². The number of rotatable bonds is 9. The van der Waals surface area contributed by atoms with Gasteiger partial charge in [0, 0.05) is 20.1 Å². The highest BCUT2D eigenvalue weighted by Crippen LogP contribution is 2.21. The number of hydrogen-bond donors (Lipinski definition) is 1. The molecule has 1 aromatic carbocycles. The summed E-state index contributed by atoms with van der Waals surface area (Å²) in [5.74, 6) is 0.786. The summed E-state index contributed by atoms with van der Waals surface area (Å²) in [5.41, 5.74) is 0.858. The Labute approximate surface area is 108 Å². The summed E-state index contributed by atoms with van der Waals surface area (Å²) in [6, 6.07) is 7.52. The summed E-state index contributed by atoms with van der Waals surface area (Å²) < 4.78 is 15.6. The van der Waals surface area contributed by atoms with E-state index in [9.17, 15) is 5.11 Å². The van der Waals surface area contributed by atoms with Crippen LogP contribution in [-0.4, -0.2) is 38.6 Å². The lowest BCUT2D eigenvalue weighted by atomic mass is 10.1. The molecule has 1 aromatic rings. The van der Waals surface area contributed by atoms with Crippen LogP contribution in [0, 0.1) is 0 Å². The highest BCUT2D eigenvalue weighted by molar-refractivity contribution is 5.29. The largest absolute Gasteiger partial charge is 0.494 e. The van der Waals surface area contributed by atoms with Crippen molar-refractivity contribution < 1.29 is 19.3 Å². The molecule has 0 spiro atoms. The molecule has 0 radical (unpaired) electrons. The van der Waals surface area contributed by atoms with Gasteiger partial charge in [-0.05, 0) is 24.6 Å². The normalized spacial score (nSPS) is 12.4. The fourth-order valence-corrected chi connectivity index (χ4v) is 1.58. The molecular weight excluding hydrogens is 232 g/mol. The number of hydrogen-bond acceptors (Lipinski definition) is 4. The van der Waals surface area contributed by atoms with E-state index in [1.807, 2.05) is 31.2 Å². The highest BCUT2D eigenvalue weighted by atomic mass is 16.5. The summed E-state index contributed by atoms with van der Waals surface area (Å²) in [5, 5.41) is 10.0. The molecule has 1 rings (SSSR count). The lowest BCUT2D eigenvalue weighted by Gasteiger charge is -2.12. The van der Waals surface area contributed by atoms with E-state index in [0.717, 1.165) is 11.3 Å². The van der Waals surface area contributed by atoms with Crippen molar-refractivity contribution in [1.29, 1.82) is 0 Å². The van der Waals surface area contributed by atoms with Crippen LogP contribution >= 0.6 is 0 Å². The fourth-order valence-electron chi connectivity index (χ4n) is 1.58. The van der Waals surface area contributed by atoms with Crippen LogP contribution in [0.5, 0.6) is 5.75 Å². The van der Waals surface area contributed by atoms with E-state index in [0.29, 0.717) is 32.8 Å². The van der Waals surface area contributed by atoms with E-state index in [4.69, 9.17) is 14.2 Å². The Morgan fingerprint density at radius 3 is 2.78 bits per heavy atom. The summed E-state index contributed by atoms with van der Waals surface area (Å²) in [6.07, 6.45) is 0.0483. The van der Waals surface area contributed by atoms with Crippen LogP contribution < -0.4 is 4.74 Å². The first-order valence-electron chi connectivity index (χ1n) is 6.25. The molecule has 0 aliphatic heterocycles. The maximum absolute atomic E-state index is 10.0. The predicted octanol–water partition coefficient (Wildman–Crippen LogP) is 2.17. The Morgan fingerprint density at radius 1 is 1.22 bits per heavy atom. The van der Waals surface area contributed by atoms with Gasteiger partial charge in [0.2, 0.25) is 0 Å². The van der Waals surface area contributed by atoms with Gasteiger partial charge in [-0.3, -0.25) is 0 Å². The number of aliphatic hydroxyl groups excluding tert-OH is 1. The lowest BCUT2D eigenvalue weighted by molar-refractivity contribution is 0.0475. The quantitative estimate of drug-likeness (QED) is 0.686. The van der Waals surface area contributed by atoms with Gasteiger partial charge < -0.3 is 19.3 Å². The van der Waals surface area contributed by atoms with Gasteiger partial charge in [-0.25, -0.2) is 0 Å². The first-order chi connectivity index (χ1) is 8.77. The van der Waals surface area contributed by atoms with Gasteiger partial charge >= 0.3 is 0 Å². The monoisotopic (exact) mass is 254 g/mol. The second-order valence-corrected chi connectivity index (χ2v) is 3.92. The van der Waals surface area contributed by atoms with Crippen LogP contribution in [0.15, 0.2) is 24.3 Å². The second-order valence-electron chi connectivity index (χ2n) is 3.92. The third-order valence-electron chi connectivity index (χ3n) is 2.52. The number of ether oxygens (including phenoxy) is 3. The molecule has 0 bridgehead atoms. The van der Waals surface area contributed by atoms with Crippen molar-refractivity contribution in [3.63, 3.8) is 0 Å². The van der Waals surface area contributed by atoms with Crippen molar-refractivity contribution in [2.24, 2.45) is 0 Å². The average Bonchev–Trinajstić information content (AvgIpc) is 2.39. The smallest absolute Gasteiger partial charge is 0.119 e. The molecule has 0 aliphatic rings. The summed E-state index contributed by atoms with van der Waals surface area (Å²) in [6.45, 7) is 4.22. The van der Waals surface area contributed by atoms with Crippen molar-refractivity contribution in [1.82, 2.24) is 0 Å². The van der Waals surface area contributed by atoms with E-state index in [1.54, 1.807) is 7.11 Å². The van der Waals surface area contributed by atoms with Gasteiger partial charge in [0.15, 0.2) is 0 Å². The number of aliphatic hydroxyl groups is 1. The van der Waals surface area contributed by atoms with Gasteiger partial charge in [0.1, 0.15) is 5.75 Å². The molecule has 1 unspecified atom stereocenters. The van der Waals surface area contributed by atoms with Crippen molar-refractivity contribution >= 4 is 0 Å². The first-order valence-corrected chi connectivity index (χ1v) is 6.25. The van der Waals surface area contributed by atoms with Gasteiger partial charge in [-0.2, -0.15) is 0 Å². The highest BCUT2D eigenvalue weighted by Gasteiger charge is 2.08. The Bertz CT molecular complexity index is 327. The molecule has 102 valence electrons. The van der Waals surface area contributed by atoms with Crippen LogP contribution in [0.25, 0.3) is 0 Å². The molecule has 0 fully saturated rings. The van der Waals surface area contributed by atoms with E-state index >= 15 is 0 Å². The van der Waals surface area contributed by atoms with Gasteiger partial charge in [0.05, 0.1) is 25.9 Å². The van der Waals surface area contributed by atoms with Crippen molar-refractivity contribution in [2.75, 3.05) is 33.5 Å². The Balaban J connectivity index is 2.36. The van der Waals surface area contributed by atoms with Crippen molar-refractivity contribution in [2.45, 2.75) is 19.4 Å². The molecule has 0 heterocycles. The summed E-state index contributed by atoms with van der Waals surface area (Å²) in [4.78, 5) is 0. The standard InChI is InChI=1S/C14H22O4/c1-3-18-13-6-4-5-12(11-13)14(15)7-8-17-10-9-16-2/h4-6,11,14-15H,3,7-10H2,1-2H3. The maximum atomic E-state index is 10.0. The minimum absolute atomic E-state index is 0.517. The average molecular weight is 254 g/mol. The zero-order chi connectivity index (χ0) is 13.2. The van der Waals surface area contributed by atoms with E-state index in [2.05, 4.69) is 0 Å². The van der Waals surface area contributed by atoms with Crippen LogP contribution in [0.2, 0.25) is 0 Å². The molecule has 1 atom stereocenters. The maximum Gasteiger partial charge on any atom is 0.119 e. The SMILES string of the molecule is CCOc1cccc(C(O)CCOCCOC)c1. The van der Waals surface area contributed by atoms with E-state index in [-0.39, 0.29) is 0 Å². The van der Waals surface area contributed by atoms with Crippen LogP contribution in [0.1, 0.15) is 25.0 Å². The molecule has 0 amide bonds. The molecule has 0 aliphatic carbocycles. The molecule has 4 heteroatoms. The first kappa shape index (κ1) is 15.0. The topological polar surface area (TPSA) is 47.9 Å². The number of benzene rings is 1. The molecule has 0 saturated heterocycles. The number of methoxy groups -OCH3 is 1. The van der Waals surface area contributed by atoms with Crippen molar-refractivity contribution in [3.8, 4) is 5.75 Å². The Morgan fingerprint density at radius 2 is 2.06 bits per heavy atom. The van der Waals surface area contributed by atoms with E-state index < -0.39 is 6.10 Å². The third-order valence-corrected chi connectivity index (χ3v) is 2.52. The summed E-state index contributed by atoms with van der Waals surface area (Å²) in [7, 11) is 1.64.